The van der Waals surface area contributed by atoms with E-state index in [-0.39, 0.29) is 5.41 Å². The summed E-state index contributed by atoms with van der Waals surface area (Å²) in [5, 5.41) is 7.83. The molecule has 0 saturated heterocycles. The van der Waals surface area contributed by atoms with Crippen molar-refractivity contribution >= 4 is 5.84 Å². The normalized spacial score (nSPS) is 14.0. The Labute approximate surface area is 82.8 Å². The molecule has 0 amide bonds. The average Bonchev–Trinajstić information content (AvgIpc) is 2.00. The van der Waals surface area contributed by atoms with E-state index in [1.807, 2.05) is 7.05 Å². The molecule has 0 aromatic heterocycles. The number of amidine groups is 1. The van der Waals surface area contributed by atoms with E-state index in [1.165, 1.54) is 0 Å². The highest BCUT2D eigenvalue weighted by atomic mass is 15.2. The first-order chi connectivity index (χ1) is 5.80. The molecule has 1 unspecified atom stereocenters. The molecule has 0 aromatic carbocycles. The van der Waals surface area contributed by atoms with Gasteiger partial charge in [0.2, 0.25) is 0 Å². The zero-order chi connectivity index (χ0) is 10.6. The van der Waals surface area contributed by atoms with Gasteiger partial charge in [-0.05, 0) is 18.8 Å². The summed E-state index contributed by atoms with van der Waals surface area (Å²) in [7, 11) is 2.02. The predicted molar refractivity (Wildman–Crippen MR) is 59.3 cm³/mol. The van der Waals surface area contributed by atoms with E-state index < -0.39 is 0 Å². The molecule has 0 fully saturated rings. The predicted octanol–water partition coefficient (Wildman–Crippen LogP) is 3.13. The second kappa shape index (κ2) is 4.64. The van der Waals surface area contributed by atoms with E-state index in [1.54, 1.807) is 0 Å². The van der Waals surface area contributed by atoms with Crippen molar-refractivity contribution in [2.75, 3.05) is 7.05 Å². The molecule has 0 aromatic rings. The second-order valence-corrected chi connectivity index (χ2v) is 4.85. The van der Waals surface area contributed by atoms with Gasteiger partial charge in [0.15, 0.2) is 0 Å². The maximum atomic E-state index is 7.83. The summed E-state index contributed by atoms with van der Waals surface area (Å²) in [4.78, 5) is 2.09. The third-order valence-electron chi connectivity index (χ3n) is 2.75. The Hall–Kier alpha value is -0.530. The highest BCUT2D eigenvalue weighted by Crippen LogP contribution is 2.23. The highest BCUT2D eigenvalue weighted by Gasteiger charge is 2.24. The SMILES string of the molecule is CCCC(=N)N(C)C(C)C(C)(C)C. The number of nitrogens with zero attached hydrogens (tertiary/aromatic N) is 1. The summed E-state index contributed by atoms with van der Waals surface area (Å²) in [6.45, 7) is 10.9. The maximum Gasteiger partial charge on any atom is 0.0957 e. The van der Waals surface area contributed by atoms with Crippen LogP contribution in [-0.4, -0.2) is 23.8 Å². The first-order valence-electron chi connectivity index (χ1n) is 5.11. The number of rotatable bonds is 3. The zero-order valence-electron chi connectivity index (χ0n) is 9.94. The quantitative estimate of drug-likeness (QED) is 0.529. The Bertz CT molecular complexity index is 167. The molecule has 2 nitrogen and oxygen atoms in total. The Morgan fingerprint density at radius 1 is 1.38 bits per heavy atom. The molecular formula is C11H24N2. The van der Waals surface area contributed by atoms with E-state index in [2.05, 4.69) is 39.5 Å². The van der Waals surface area contributed by atoms with Gasteiger partial charge >= 0.3 is 0 Å². The van der Waals surface area contributed by atoms with Crippen LogP contribution < -0.4 is 0 Å². The van der Waals surface area contributed by atoms with E-state index in [9.17, 15) is 0 Å². The topological polar surface area (TPSA) is 27.1 Å². The Morgan fingerprint density at radius 3 is 2.15 bits per heavy atom. The molecule has 0 aliphatic rings. The van der Waals surface area contributed by atoms with Crippen LogP contribution >= 0.6 is 0 Å². The summed E-state index contributed by atoms with van der Waals surface area (Å²) in [5.41, 5.74) is 0.245. The van der Waals surface area contributed by atoms with Crippen LogP contribution in [0.5, 0.6) is 0 Å². The van der Waals surface area contributed by atoms with Gasteiger partial charge in [-0.1, -0.05) is 27.7 Å². The van der Waals surface area contributed by atoms with Gasteiger partial charge in [-0.15, -0.1) is 0 Å². The van der Waals surface area contributed by atoms with Gasteiger partial charge in [0.1, 0.15) is 0 Å². The van der Waals surface area contributed by atoms with Gasteiger partial charge in [0.25, 0.3) is 0 Å². The van der Waals surface area contributed by atoms with Gasteiger partial charge in [0.05, 0.1) is 5.84 Å². The van der Waals surface area contributed by atoms with Gasteiger partial charge in [0, 0.05) is 19.5 Å². The average molecular weight is 184 g/mol. The number of hydrogen-bond acceptors (Lipinski definition) is 1. The van der Waals surface area contributed by atoms with E-state index in [0.717, 1.165) is 18.7 Å². The lowest BCUT2D eigenvalue weighted by atomic mass is 9.87. The van der Waals surface area contributed by atoms with Crippen molar-refractivity contribution in [2.45, 2.75) is 53.5 Å². The third-order valence-corrected chi connectivity index (χ3v) is 2.75. The molecule has 0 heterocycles. The summed E-state index contributed by atoms with van der Waals surface area (Å²) < 4.78 is 0. The van der Waals surface area contributed by atoms with Gasteiger partial charge in [-0.2, -0.15) is 0 Å². The molecule has 0 aliphatic heterocycles. The fourth-order valence-corrected chi connectivity index (χ4v) is 1.23. The van der Waals surface area contributed by atoms with Crippen molar-refractivity contribution in [2.24, 2.45) is 5.41 Å². The summed E-state index contributed by atoms with van der Waals surface area (Å²) in [6, 6.07) is 0.423. The zero-order valence-corrected chi connectivity index (χ0v) is 9.94. The van der Waals surface area contributed by atoms with Crippen molar-refractivity contribution in [3.8, 4) is 0 Å². The summed E-state index contributed by atoms with van der Waals surface area (Å²) in [5.74, 6) is 0.755. The van der Waals surface area contributed by atoms with Crippen molar-refractivity contribution < 1.29 is 0 Å². The van der Waals surface area contributed by atoms with Gasteiger partial charge in [-0.25, -0.2) is 0 Å². The van der Waals surface area contributed by atoms with Crippen LogP contribution in [0.1, 0.15) is 47.5 Å². The van der Waals surface area contributed by atoms with Crippen LogP contribution in [-0.2, 0) is 0 Å². The maximum absolute atomic E-state index is 7.83. The molecule has 1 atom stereocenters. The fraction of sp³-hybridized carbons (Fsp3) is 0.909. The van der Waals surface area contributed by atoms with Crippen LogP contribution in [0.25, 0.3) is 0 Å². The van der Waals surface area contributed by atoms with Crippen LogP contribution in [0.3, 0.4) is 0 Å². The van der Waals surface area contributed by atoms with Crippen molar-refractivity contribution in [1.29, 1.82) is 5.41 Å². The lowest BCUT2D eigenvalue weighted by Crippen LogP contribution is -2.42. The van der Waals surface area contributed by atoms with Gasteiger partial charge < -0.3 is 4.90 Å². The molecule has 0 radical (unpaired) electrons. The highest BCUT2D eigenvalue weighted by molar-refractivity contribution is 5.79. The number of hydrogen-bond donors (Lipinski definition) is 1. The minimum Gasteiger partial charge on any atom is -0.360 e. The molecule has 0 aliphatic carbocycles. The third kappa shape index (κ3) is 3.79. The molecule has 1 N–H and O–H groups in total. The largest absolute Gasteiger partial charge is 0.360 e. The van der Waals surface area contributed by atoms with Crippen molar-refractivity contribution in [3.05, 3.63) is 0 Å². The van der Waals surface area contributed by atoms with Crippen molar-refractivity contribution in [1.82, 2.24) is 4.90 Å². The molecule has 2 heteroatoms. The van der Waals surface area contributed by atoms with Crippen molar-refractivity contribution in [3.63, 3.8) is 0 Å². The molecule has 13 heavy (non-hydrogen) atoms. The minimum absolute atomic E-state index is 0.245. The first-order valence-corrected chi connectivity index (χ1v) is 5.11. The minimum atomic E-state index is 0.245. The second-order valence-electron chi connectivity index (χ2n) is 4.85. The molecular weight excluding hydrogens is 160 g/mol. The molecule has 78 valence electrons. The van der Waals surface area contributed by atoms with E-state index in [4.69, 9.17) is 5.41 Å². The molecule has 0 rings (SSSR count). The Morgan fingerprint density at radius 2 is 1.85 bits per heavy atom. The monoisotopic (exact) mass is 184 g/mol. The first kappa shape index (κ1) is 12.5. The van der Waals surface area contributed by atoms with Gasteiger partial charge in [-0.3, -0.25) is 5.41 Å². The van der Waals surface area contributed by atoms with Crippen LogP contribution in [0.15, 0.2) is 0 Å². The molecule has 0 bridgehead atoms. The Balaban J connectivity index is 4.25. The summed E-state index contributed by atoms with van der Waals surface area (Å²) in [6.07, 6.45) is 1.94. The van der Waals surface area contributed by atoms with Crippen LogP contribution in [0.4, 0.5) is 0 Å². The van der Waals surface area contributed by atoms with Crippen LogP contribution in [0, 0.1) is 10.8 Å². The lowest BCUT2D eigenvalue weighted by molar-refractivity contribution is 0.205. The number of nitrogens with one attached hydrogen (secondary N) is 1. The fourth-order valence-electron chi connectivity index (χ4n) is 1.23. The van der Waals surface area contributed by atoms with E-state index in [0.29, 0.717) is 6.04 Å². The Kier molecular flexibility index (Phi) is 4.45. The standard InChI is InChI=1S/C11H24N2/c1-7-8-10(12)13(6)9(2)11(3,4)5/h9,12H,7-8H2,1-6H3. The van der Waals surface area contributed by atoms with Crippen LogP contribution in [0.2, 0.25) is 0 Å². The lowest BCUT2D eigenvalue weighted by Gasteiger charge is -2.36. The van der Waals surface area contributed by atoms with E-state index >= 15 is 0 Å². The molecule has 0 saturated carbocycles. The smallest absolute Gasteiger partial charge is 0.0957 e. The summed E-state index contributed by atoms with van der Waals surface area (Å²) >= 11 is 0. The molecule has 0 spiro atoms.